The van der Waals surface area contributed by atoms with Crippen molar-refractivity contribution in [1.82, 2.24) is 4.57 Å². The molecule has 0 atom stereocenters. The zero-order chi connectivity index (χ0) is 22.8. The lowest BCUT2D eigenvalue weighted by Crippen LogP contribution is -2.28. The fraction of sp³-hybridized carbons (Fsp3) is 0.333. The van der Waals surface area contributed by atoms with Gasteiger partial charge in [-0.15, -0.1) is 0 Å². The largest absolute Gasteiger partial charge is 0.483 e. The number of benzene rings is 3. The van der Waals surface area contributed by atoms with Crippen LogP contribution < -0.4 is 4.74 Å². The molecule has 0 N–H and O–H groups in total. The second-order valence-corrected chi connectivity index (χ2v) is 10.9. The van der Waals surface area contributed by atoms with Crippen molar-refractivity contribution in [2.75, 3.05) is 0 Å². The summed E-state index contributed by atoms with van der Waals surface area (Å²) >= 11 is 0. The predicted molar refractivity (Wildman–Crippen MR) is 137 cm³/mol. The third kappa shape index (κ3) is 3.33. The zero-order valence-electron chi connectivity index (χ0n) is 20.3. The van der Waals surface area contributed by atoms with Crippen molar-refractivity contribution in [3.05, 3.63) is 82.4 Å². The minimum atomic E-state index is -0.294. The SMILES string of the molecule is Cc1ccccc1Cn1c2ccc(C(C)(C)C)cc2c2cc(C)c3c(c21)C=CC(C)(C)O3. The molecule has 0 amide bonds. The monoisotopic (exact) mass is 423 g/mol. The Balaban J connectivity index is 1.88. The van der Waals surface area contributed by atoms with Gasteiger partial charge in [0.25, 0.3) is 0 Å². The lowest BCUT2D eigenvalue weighted by Gasteiger charge is -2.29. The molecule has 32 heavy (non-hydrogen) atoms. The lowest BCUT2D eigenvalue weighted by molar-refractivity contribution is 0.158. The van der Waals surface area contributed by atoms with Crippen LogP contribution in [0.4, 0.5) is 0 Å². The van der Waals surface area contributed by atoms with Gasteiger partial charge in [0.15, 0.2) is 0 Å². The summed E-state index contributed by atoms with van der Waals surface area (Å²) in [5, 5.41) is 2.63. The zero-order valence-corrected chi connectivity index (χ0v) is 20.3. The molecule has 0 aliphatic carbocycles. The molecule has 1 aromatic heterocycles. The van der Waals surface area contributed by atoms with Gasteiger partial charge in [0.1, 0.15) is 11.4 Å². The van der Waals surface area contributed by atoms with E-state index >= 15 is 0 Å². The normalized spacial score (nSPS) is 15.2. The summed E-state index contributed by atoms with van der Waals surface area (Å²) in [6.45, 7) is 16.3. The summed E-state index contributed by atoms with van der Waals surface area (Å²) in [6.07, 6.45) is 4.45. The Bertz CT molecular complexity index is 1390. The van der Waals surface area contributed by atoms with Crippen LogP contribution in [0.25, 0.3) is 27.9 Å². The number of fused-ring (bicyclic) bond motifs is 5. The highest BCUT2D eigenvalue weighted by molar-refractivity contribution is 6.12. The van der Waals surface area contributed by atoms with Crippen molar-refractivity contribution >= 4 is 27.9 Å². The Kier molecular flexibility index (Phi) is 4.57. The van der Waals surface area contributed by atoms with Gasteiger partial charge in [-0.05, 0) is 85.7 Å². The van der Waals surface area contributed by atoms with Gasteiger partial charge in [-0.25, -0.2) is 0 Å². The Morgan fingerprint density at radius 2 is 1.66 bits per heavy atom. The summed E-state index contributed by atoms with van der Waals surface area (Å²) in [5.41, 5.74) is 8.78. The molecule has 1 aliphatic heterocycles. The van der Waals surface area contributed by atoms with Crippen LogP contribution in [0.2, 0.25) is 0 Å². The number of aryl methyl sites for hydroxylation is 2. The molecule has 3 aromatic carbocycles. The molecule has 2 heterocycles. The first kappa shape index (κ1) is 20.9. The van der Waals surface area contributed by atoms with Gasteiger partial charge in [0.05, 0.1) is 5.52 Å². The highest BCUT2D eigenvalue weighted by Crippen LogP contribution is 2.43. The van der Waals surface area contributed by atoms with Crippen LogP contribution in [0.5, 0.6) is 5.75 Å². The second kappa shape index (κ2) is 7.00. The maximum atomic E-state index is 6.46. The highest BCUT2D eigenvalue weighted by Gasteiger charge is 2.27. The molecule has 0 radical (unpaired) electrons. The van der Waals surface area contributed by atoms with Crippen LogP contribution in [0.15, 0.2) is 54.6 Å². The van der Waals surface area contributed by atoms with E-state index in [1.165, 1.54) is 49.6 Å². The second-order valence-electron chi connectivity index (χ2n) is 10.9. The summed E-state index contributed by atoms with van der Waals surface area (Å²) in [4.78, 5) is 0. The molecule has 2 heteroatoms. The van der Waals surface area contributed by atoms with E-state index < -0.39 is 0 Å². The van der Waals surface area contributed by atoms with Crippen molar-refractivity contribution in [2.45, 2.75) is 66.0 Å². The molecule has 2 nitrogen and oxygen atoms in total. The standard InChI is InChI=1S/C30H33NO/c1-19-10-8-9-11-21(19)18-31-26-13-12-22(29(3,4)5)17-24(26)25-16-20(2)28-23(27(25)31)14-15-30(6,7)32-28/h8-17H,18H2,1-7H3. The molecule has 1 aliphatic rings. The molecule has 0 unspecified atom stereocenters. The fourth-order valence-corrected chi connectivity index (χ4v) is 4.88. The third-order valence-corrected chi connectivity index (χ3v) is 6.79. The number of rotatable bonds is 2. The Hall–Kier alpha value is -3.00. The van der Waals surface area contributed by atoms with E-state index in [2.05, 4.69) is 114 Å². The number of hydrogen-bond donors (Lipinski definition) is 0. The Morgan fingerprint density at radius 3 is 2.38 bits per heavy atom. The van der Waals surface area contributed by atoms with Gasteiger partial charge in [0, 0.05) is 28.4 Å². The first-order chi connectivity index (χ1) is 15.0. The molecule has 4 aromatic rings. The molecular weight excluding hydrogens is 390 g/mol. The maximum Gasteiger partial charge on any atom is 0.132 e. The van der Waals surface area contributed by atoms with Gasteiger partial charge in [-0.1, -0.05) is 51.1 Å². The summed E-state index contributed by atoms with van der Waals surface area (Å²) in [5.74, 6) is 1.01. The van der Waals surface area contributed by atoms with Crippen molar-refractivity contribution in [3.63, 3.8) is 0 Å². The molecule has 0 saturated carbocycles. The molecule has 0 saturated heterocycles. The average Bonchev–Trinajstić information content (AvgIpc) is 3.01. The van der Waals surface area contributed by atoms with Crippen LogP contribution >= 0.6 is 0 Å². The quantitative estimate of drug-likeness (QED) is 0.319. The van der Waals surface area contributed by atoms with Crippen molar-refractivity contribution < 1.29 is 4.74 Å². The van der Waals surface area contributed by atoms with E-state index in [-0.39, 0.29) is 11.0 Å². The van der Waals surface area contributed by atoms with Crippen LogP contribution in [0.1, 0.15) is 62.4 Å². The van der Waals surface area contributed by atoms with Crippen molar-refractivity contribution in [3.8, 4) is 5.75 Å². The molecule has 0 fully saturated rings. The number of aromatic nitrogens is 1. The number of nitrogens with zero attached hydrogens (tertiary/aromatic N) is 1. The van der Waals surface area contributed by atoms with Gasteiger partial charge < -0.3 is 9.30 Å². The highest BCUT2D eigenvalue weighted by atomic mass is 16.5. The van der Waals surface area contributed by atoms with Crippen LogP contribution in [0.3, 0.4) is 0 Å². The Labute approximate surface area is 191 Å². The minimum absolute atomic E-state index is 0.106. The topological polar surface area (TPSA) is 14.2 Å². The smallest absolute Gasteiger partial charge is 0.132 e. The molecule has 0 bridgehead atoms. The van der Waals surface area contributed by atoms with E-state index in [9.17, 15) is 0 Å². The summed E-state index contributed by atoms with van der Waals surface area (Å²) in [7, 11) is 0. The fourth-order valence-electron chi connectivity index (χ4n) is 4.88. The number of hydrogen-bond acceptors (Lipinski definition) is 1. The number of ether oxygens (including phenoxy) is 1. The van der Waals surface area contributed by atoms with Crippen molar-refractivity contribution in [1.29, 1.82) is 0 Å². The maximum absolute atomic E-state index is 6.46. The van der Waals surface area contributed by atoms with E-state index in [1.807, 2.05) is 0 Å². The van der Waals surface area contributed by atoms with Crippen LogP contribution in [0, 0.1) is 13.8 Å². The van der Waals surface area contributed by atoms with E-state index in [1.54, 1.807) is 0 Å². The minimum Gasteiger partial charge on any atom is -0.483 e. The van der Waals surface area contributed by atoms with E-state index in [0.29, 0.717) is 0 Å². The molecular formula is C30H33NO. The van der Waals surface area contributed by atoms with Gasteiger partial charge in [0.2, 0.25) is 0 Å². The van der Waals surface area contributed by atoms with Gasteiger partial charge >= 0.3 is 0 Å². The van der Waals surface area contributed by atoms with Crippen LogP contribution in [-0.4, -0.2) is 10.2 Å². The lowest BCUT2D eigenvalue weighted by atomic mass is 9.86. The molecule has 5 rings (SSSR count). The van der Waals surface area contributed by atoms with E-state index in [0.717, 1.165) is 12.3 Å². The van der Waals surface area contributed by atoms with E-state index in [4.69, 9.17) is 4.74 Å². The van der Waals surface area contributed by atoms with Crippen LogP contribution in [-0.2, 0) is 12.0 Å². The summed E-state index contributed by atoms with van der Waals surface area (Å²) in [6, 6.07) is 18.0. The first-order valence-corrected chi connectivity index (χ1v) is 11.6. The molecule has 0 spiro atoms. The third-order valence-electron chi connectivity index (χ3n) is 6.79. The predicted octanol–water partition coefficient (Wildman–Crippen LogP) is 7.94. The van der Waals surface area contributed by atoms with Gasteiger partial charge in [-0.3, -0.25) is 0 Å². The van der Waals surface area contributed by atoms with Crippen molar-refractivity contribution in [2.24, 2.45) is 0 Å². The Morgan fingerprint density at radius 1 is 0.906 bits per heavy atom. The average molecular weight is 424 g/mol. The van der Waals surface area contributed by atoms with Gasteiger partial charge in [-0.2, -0.15) is 0 Å². The first-order valence-electron chi connectivity index (χ1n) is 11.6. The summed E-state index contributed by atoms with van der Waals surface area (Å²) < 4.78 is 8.95. The molecule has 164 valence electrons.